The second-order valence-electron chi connectivity index (χ2n) is 6.91. The van der Waals surface area contributed by atoms with Crippen LogP contribution in [0.4, 0.5) is 9.52 Å². The van der Waals surface area contributed by atoms with Crippen LogP contribution in [0.25, 0.3) is 16.0 Å². The van der Waals surface area contributed by atoms with Crippen LogP contribution in [-0.4, -0.2) is 51.8 Å². The smallest absolute Gasteiger partial charge is 0.257 e. The zero-order valence-electron chi connectivity index (χ0n) is 15.7. The number of aryl methyl sites for hydroxylation is 1. The minimum absolute atomic E-state index is 0.00880. The predicted octanol–water partition coefficient (Wildman–Crippen LogP) is 3.48. The maximum Gasteiger partial charge on any atom is 0.257 e. The van der Waals surface area contributed by atoms with Crippen molar-refractivity contribution in [1.29, 1.82) is 0 Å². The van der Waals surface area contributed by atoms with Crippen molar-refractivity contribution < 1.29 is 13.6 Å². The topological polar surface area (TPSA) is 67.4 Å². The molecule has 148 valence electrons. The van der Waals surface area contributed by atoms with Crippen molar-refractivity contribution in [3.63, 3.8) is 0 Å². The van der Waals surface area contributed by atoms with E-state index in [-0.39, 0.29) is 11.7 Å². The van der Waals surface area contributed by atoms with Crippen molar-refractivity contribution in [3.8, 4) is 5.69 Å². The zero-order valence-corrected chi connectivity index (χ0v) is 16.5. The van der Waals surface area contributed by atoms with E-state index in [1.807, 2.05) is 11.8 Å². The van der Waals surface area contributed by atoms with E-state index in [2.05, 4.69) is 10.00 Å². The van der Waals surface area contributed by atoms with E-state index in [0.29, 0.717) is 31.7 Å². The summed E-state index contributed by atoms with van der Waals surface area (Å²) in [6.07, 6.45) is 2.99. The van der Waals surface area contributed by atoms with Gasteiger partial charge in [0.1, 0.15) is 12.1 Å². The third kappa shape index (κ3) is 3.17. The standard InChI is InChI=1S/C20H18FN5O2S/c1-13-17-18(26(23-13)16-4-2-15(21)3-5-16)22-20(29-17)25-9-7-24(8-10-25)19(27)14-6-11-28-12-14/h2-6,11-12H,7-10H2,1H3. The third-order valence-electron chi connectivity index (χ3n) is 5.05. The number of carbonyl (C=O) groups is 1. The molecule has 0 N–H and O–H groups in total. The van der Waals surface area contributed by atoms with E-state index in [1.165, 1.54) is 24.7 Å². The van der Waals surface area contributed by atoms with Crippen molar-refractivity contribution >= 4 is 32.7 Å². The summed E-state index contributed by atoms with van der Waals surface area (Å²) in [6, 6.07) is 7.91. The first kappa shape index (κ1) is 17.9. The molecule has 3 aromatic heterocycles. The predicted molar refractivity (Wildman–Crippen MR) is 108 cm³/mol. The van der Waals surface area contributed by atoms with Gasteiger partial charge >= 0.3 is 0 Å². The minimum atomic E-state index is -0.282. The molecule has 1 fully saturated rings. The lowest BCUT2D eigenvalue weighted by molar-refractivity contribution is 0.0746. The molecule has 9 heteroatoms. The minimum Gasteiger partial charge on any atom is -0.472 e. The molecule has 1 aliphatic heterocycles. The number of amides is 1. The first-order valence-corrected chi connectivity index (χ1v) is 10.1. The Bertz CT molecular complexity index is 1160. The highest BCUT2D eigenvalue weighted by Crippen LogP contribution is 2.33. The van der Waals surface area contributed by atoms with Gasteiger partial charge in [-0.3, -0.25) is 4.79 Å². The Balaban J connectivity index is 1.37. The maximum absolute atomic E-state index is 13.3. The van der Waals surface area contributed by atoms with Crippen LogP contribution < -0.4 is 4.90 Å². The van der Waals surface area contributed by atoms with Crippen molar-refractivity contribution in [2.45, 2.75) is 6.92 Å². The average Bonchev–Trinajstić information content (AvgIpc) is 3.47. The van der Waals surface area contributed by atoms with E-state index in [1.54, 1.807) is 34.2 Å². The number of nitrogens with zero attached hydrogens (tertiary/aromatic N) is 5. The Morgan fingerprint density at radius 3 is 2.59 bits per heavy atom. The molecule has 0 atom stereocenters. The third-order valence-corrected chi connectivity index (χ3v) is 6.27. The van der Waals surface area contributed by atoms with Crippen LogP contribution in [0.3, 0.4) is 0 Å². The Labute approximate surface area is 170 Å². The molecule has 0 unspecified atom stereocenters. The SMILES string of the molecule is Cc1nn(-c2ccc(F)cc2)c2nc(N3CCN(C(=O)c4ccoc4)CC3)sc12. The fraction of sp³-hybridized carbons (Fsp3) is 0.250. The Morgan fingerprint density at radius 1 is 1.14 bits per heavy atom. The van der Waals surface area contributed by atoms with Crippen LogP contribution in [0.15, 0.2) is 47.3 Å². The average molecular weight is 411 g/mol. The summed E-state index contributed by atoms with van der Waals surface area (Å²) in [7, 11) is 0. The van der Waals surface area contributed by atoms with E-state index < -0.39 is 0 Å². The molecule has 1 saturated heterocycles. The number of hydrogen-bond donors (Lipinski definition) is 0. The van der Waals surface area contributed by atoms with Crippen LogP contribution in [0.2, 0.25) is 0 Å². The highest BCUT2D eigenvalue weighted by atomic mass is 32.1. The lowest BCUT2D eigenvalue weighted by Gasteiger charge is -2.34. The number of aromatic nitrogens is 3. The summed E-state index contributed by atoms with van der Waals surface area (Å²) >= 11 is 1.60. The summed E-state index contributed by atoms with van der Waals surface area (Å²) in [4.78, 5) is 21.3. The lowest BCUT2D eigenvalue weighted by Crippen LogP contribution is -2.48. The molecular weight excluding hydrogens is 393 g/mol. The summed E-state index contributed by atoms with van der Waals surface area (Å²) in [5.41, 5.74) is 3.01. The Kier molecular flexibility index (Phi) is 4.31. The van der Waals surface area contributed by atoms with Gasteiger partial charge in [-0.25, -0.2) is 9.07 Å². The van der Waals surface area contributed by atoms with Gasteiger partial charge in [0, 0.05) is 26.2 Å². The van der Waals surface area contributed by atoms with E-state index in [9.17, 15) is 9.18 Å². The fourth-order valence-corrected chi connectivity index (χ4v) is 4.53. The zero-order chi connectivity index (χ0) is 20.0. The summed E-state index contributed by atoms with van der Waals surface area (Å²) in [5.74, 6) is -0.291. The molecule has 5 rings (SSSR count). The van der Waals surface area contributed by atoms with Gasteiger partial charge in [0.25, 0.3) is 5.91 Å². The molecule has 0 radical (unpaired) electrons. The molecular formula is C20H18FN5O2S. The van der Waals surface area contributed by atoms with Gasteiger partial charge in [0.2, 0.25) is 0 Å². The first-order valence-electron chi connectivity index (χ1n) is 9.28. The summed E-state index contributed by atoms with van der Waals surface area (Å²) in [6.45, 7) is 4.63. The lowest BCUT2D eigenvalue weighted by atomic mass is 10.2. The molecule has 0 saturated carbocycles. The normalized spacial score (nSPS) is 14.7. The van der Waals surface area contributed by atoms with Crippen molar-refractivity contribution in [2.75, 3.05) is 31.1 Å². The molecule has 4 aromatic rings. The van der Waals surface area contributed by atoms with Crippen LogP contribution in [-0.2, 0) is 0 Å². The van der Waals surface area contributed by atoms with Crippen LogP contribution in [0.1, 0.15) is 16.1 Å². The van der Waals surface area contributed by atoms with Gasteiger partial charge in [-0.1, -0.05) is 11.3 Å². The number of furan rings is 1. The van der Waals surface area contributed by atoms with Gasteiger partial charge in [-0.05, 0) is 37.3 Å². The van der Waals surface area contributed by atoms with Gasteiger partial charge in [-0.15, -0.1) is 0 Å². The first-order chi connectivity index (χ1) is 14.1. The molecule has 7 nitrogen and oxygen atoms in total. The number of thiazole rings is 1. The number of hydrogen-bond acceptors (Lipinski definition) is 6. The van der Waals surface area contributed by atoms with Crippen molar-refractivity contribution in [1.82, 2.24) is 19.7 Å². The number of carbonyl (C=O) groups excluding carboxylic acids is 1. The van der Waals surface area contributed by atoms with Crippen LogP contribution in [0.5, 0.6) is 0 Å². The van der Waals surface area contributed by atoms with Crippen LogP contribution >= 0.6 is 11.3 Å². The molecule has 0 aliphatic carbocycles. The molecule has 4 heterocycles. The van der Waals surface area contributed by atoms with E-state index >= 15 is 0 Å². The number of piperazine rings is 1. The number of rotatable bonds is 3. The number of anilines is 1. The Hall–Kier alpha value is -3.20. The molecule has 0 bridgehead atoms. The second kappa shape index (κ2) is 7.00. The van der Waals surface area contributed by atoms with Gasteiger partial charge in [0.15, 0.2) is 10.8 Å². The van der Waals surface area contributed by atoms with Crippen LogP contribution in [0, 0.1) is 12.7 Å². The quantitative estimate of drug-likeness (QED) is 0.516. The number of benzene rings is 1. The van der Waals surface area contributed by atoms with Gasteiger partial charge in [0.05, 0.1) is 27.9 Å². The molecule has 1 aliphatic rings. The van der Waals surface area contributed by atoms with Crippen molar-refractivity contribution in [2.24, 2.45) is 0 Å². The van der Waals surface area contributed by atoms with E-state index in [0.717, 1.165) is 26.9 Å². The summed E-state index contributed by atoms with van der Waals surface area (Å²) in [5, 5.41) is 5.47. The summed E-state index contributed by atoms with van der Waals surface area (Å²) < 4.78 is 21.0. The molecule has 1 aromatic carbocycles. The largest absolute Gasteiger partial charge is 0.472 e. The Morgan fingerprint density at radius 2 is 1.90 bits per heavy atom. The van der Waals surface area contributed by atoms with Crippen molar-refractivity contribution in [3.05, 3.63) is 59.9 Å². The highest BCUT2D eigenvalue weighted by Gasteiger charge is 2.25. The fourth-order valence-electron chi connectivity index (χ4n) is 3.49. The number of halogens is 1. The monoisotopic (exact) mass is 411 g/mol. The molecule has 1 amide bonds. The van der Waals surface area contributed by atoms with Gasteiger partial charge in [-0.2, -0.15) is 10.1 Å². The second-order valence-corrected chi connectivity index (χ2v) is 7.89. The number of fused-ring (bicyclic) bond motifs is 1. The molecule has 29 heavy (non-hydrogen) atoms. The highest BCUT2D eigenvalue weighted by molar-refractivity contribution is 7.22. The van der Waals surface area contributed by atoms with E-state index in [4.69, 9.17) is 9.40 Å². The van der Waals surface area contributed by atoms with Gasteiger partial charge < -0.3 is 14.2 Å². The molecule has 0 spiro atoms. The maximum atomic E-state index is 13.3.